The van der Waals surface area contributed by atoms with Crippen LogP contribution in [0.15, 0.2) is 30.3 Å². The highest BCUT2D eigenvalue weighted by atomic mass is 16.5. The molecule has 0 atom stereocenters. The minimum Gasteiger partial charge on any atom is -0.461 e. The van der Waals surface area contributed by atoms with Gasteiger partial charge >= 0.3 is 12.0 Å². The Kier molecular flexibility index (Phi) is 4.67. The zero-order chi connectivity index (χ0) is 14.4. The van der Waals surface area contributed by atoms with Crippen molar-refractivity contribution >= 4 is 5.95 Å². The average molecular weight is 275 g/mol. The first-order chi connectivity index (χ1) is 9.67. The predicted molar refractivity (Wildman–Crippen MR) is 74.2 cm³/mol. The smallest absolute Gasteiger partial charge is 0.324 e. The van der Waals surface area contributed by atoms with Crippen LogP contribution in [0.3, 0.4) is 0 Å². The molecule has 0 saturated heterocycles. The molecular weight excluding hydrogens is 258 g/mol. The lowest BCUT2D eigenvalue weighted by Gasteiger charge is -2.10. The molecule has 1 aromatic carbocycles. The number of ether oxygens (including phenoxy) is 2. The van der Waals surface area contributed by atoms with Crippen LogP contribution in [0.5, 0.6) is 12.0 Å². The minimum atomic E-state index is -0.0509. The summed E-state index contributed by atoms with van der Waals surface area (Å²) in [6, 6.07) is 10.1. The van der Waals surface area contributed by atoms with Crippen molar-refractivity contribution in [2.24, 2.45) is 5.84 Å². The molecule has 0 amide bonds. The van der Waals surface area contributed by atoms with Gasteiger partial charge in [0.1, 0.15) is 6.61 Å². The lowest BCUT2D eigenvalue weighted by atomic mass is 10.2. The normalized spacial score (nSPS) is 10.4. The number of aromatic nitrogens is 3. The Morgan fingerprint density at radius 2 is 1.80 bits per heavy atom. The van der Waals surface area contributed by atoms with Crippen LogP contribution in [0.4, 0.5) is 5.95 Å². The second-order valence-electron chi connectivity index (χ2n) is 4.31. The summed E-state index contributed by atoms with van der Waals surface area (Å²) in [4.78, 5) is 12.1. The van der Waals surface area contributed by atoms with E-state index in [2.05, 4.69) is 20.4 Å². The van der Waals surface area contributed by atoms with E-state index in [1.807, 2.05) is 44.2 Å². The molecule has 0 unspecified atom stereocenters. The van der Waals surface area contributed by atoms with Gasteiger partial charge in [-0.05, 0) is 19.4 Å². The fourth-order valence-corrected chi connectivity index (χ4v) is 1.45. The van der Waals surface area contributed by atoms with Crippen molar-refractivity contribution < 1.29 is 9.47 Å². The zero-order valence-electron chi connectivity index (χ0n) is 11.4. The van der Waals surface area contributed by atoms with Gasteiger partial charge in [0.05, 0.1) is 6.10 Å². The highest BCUT2D eigenvalue weighted by molar-refractivity contribution is 5.25. The number of anilines is 1. The second kappa shape index (κ2) is 6.67. The number of hydrazine groups is 1. The summed E-state index contributed by atoms with van der Waals surface area (Å²) < 4.78 is 10.9. The van der Waals surface area contributed by atoms with Crippen LogP contribution >= 0.6 is 0 Å². The van der Waals surface area contributed by atoms with E-state index in [9.17, 15) is 0 Å². The predicted octanol–water partition coefficient (Wildman–Crippen LogP) is 1.52. The van der Waals surface area contributed by atoms with Crippen molar-refractivity contribution in [3.63, 3.8) is 0 Å². The van der Waals surface area contributed by atoms with E-state index >= 15 is 0 Å². The maximum atomic E-state index is 5.52. The Morgan fingerprint density at radius 1 is 1.10 bits per heavy atom. The van der Waals surface area contributed by atoms with Crippen molar-refractivity contribution in [2.45, 2.75) is 26.6 Å². The van der Waals surface area contributed by atoms with E-state index in [4.69, 9.17) is 15.3 Å². The first-order valence-electron chi connectivity index (χ1n) is 6.23. The number of rotatable bonds is 6. The fourth-order valence-electron chi connectivity index (χ4n) is 1.45. The molecule has 0 fully saturated rings. The lowest BCUT2D eigenvalue weighted by molar-refractivity contribution is 0.211. The molecule has 2 rings (SSSR count). The number of hydrogen-bond acceptors (Lipinski definition) is 7. The van der Waals surface area contributed by atoms with Crippen LogP contribution < -0.4 is 20.7 Å². The monoisotopic (exact) mass is 275 g/mol. The van der Waals surface area contributed by atoms with E-state index < -0.39 is 0 Å². The van der Waals surface area contributed by atoms with Gasteiger partial charge in [0, 0.05) is 0 Å². The zero-order valence-corrected chi connectivity index (χ0v) is 11.4. The summed E-state index contributed by atoms with van der Waals surface area (Å²) >= 11 is 0. The number of nitrogens with two attached hydrogens (primary N) is 1. The van der Waals surface area contributed by atoms with Crippen LogP contribution in [0.2, 0.25) is 0 Å². The second-order valence-corrected chi connectivity index (χ2v) is 4.31. The maximum absolute atomic E-state index is 5.52. The number of nitrogens with one attached hydrogen (secondary N) is 1. The number of nitrogen functional groups attached to an aromatic ring is 1. The van der Waals surface area contributed by atoms with Gasteiger partial charge in [0.25, 0.3) is 0 Å². The largest absolute Gasteiger partial charge is 0.461 e. The van der Waals surface area contributed by atoms with E-state index in [-0.39, 0.29) is 24.1 Å². The lowest BCUT2D eigenvalue weighted by Crippen LogP contribution is -2.15. The van der Waals surface area contributed by atoms with Crippen LogP contribution in [0.1, 0.15) is 19.4 Å². The number of benzene rings is 1. The minimum absolute atomic E-state index is 0.0509. The highest BCUT2D eigenvalue weighted by Gasteiger charge is 2.09. The third-order valence-corrected chi connectivity index (χ3v) is 2.28. The van der Waals surface area contributed by atoms with E-state index in [0.717, 1.165) is 5.56 Å². The van der Waals surface area contributed by atoms with Crippen molar-refractivity contribution in [2.75, 3.05) is 5.43 Å². The number of nitrogens with zero attached hydrogens (tertiary/aromatic N) is 3. The molecule has 20 heavy (non-hydrogen) atoms. The molecule has 0 spiro atoms. The Balaban J connectivity index is 2.10. The molecule has 1 heterocycles. The van der Waals surface area contributed by atoms with Gasteiger partial charge in [-0.25, -0.2) is 5.84 Å². The Morgan fingerprint density at radius 3 is 2.45 bits per heavy atom. The topological polar surface area (TPSA) is 95.2 Å². The number of hydrogen-bond donors (Lipinski definition) is 2. The molecular formula is C13H17N5O2. The third kappa shape index (κ3) is 4.06. The summed E-state index contributed by atoms with van der Waals surface area (Å²) in [5, 5.41) is 0. The van der Waals surface area contributed by atoms with Crippen molar-refractivity contribution in [1.29, 1.82) is 0 Å². The molecule has 0 bridgehead atoms. The molecule has 0 aliphatic heterocycles. The standard InChI is InChI=1S/C13H17N5O2/c1-9(2)20-13-16-11(18-14)15-12(17-13)19-8-10-6-4-3-5-7-10/h3-7,9H,8,14H2,1-2H3,(H,15,16,17,18). The van der Waals surface area contributed by atoms with Crippen molar-refractivity contribution in [3.05, 3.63) is 35.9 Å². The molecule has 2 aromatic rings. The molecule has 0 saturated carbocycles. The van der Waals surface area contributed by atoms with Gasteiger partial charge in [-0.3, -0.25) is 5.43 Å². The third-order valence-electron chi connectivity index (χ3n) is 2.28. The summed E-state index contributed by atoms with van der Waals surface area (Å²) in [6.07, 6.45) is -0.0509. The summed E-state index contributed by atoms with van der Waals surface area (Å²) in [7, 11) is 0. The fraction of sp³-hybridized carbons (Fsp3) is 0.308. The molecule has 106 valence electrons. The molecule has 1 aromatic heterocycles. The Labute approximate surface area is 117 Å². The Hall–Kier alpha value is -2.41. The van der Waals surface area contributed by atoms with E-state index in [0.29, 0.717) is 6.61 Å². The van der Waals surface area contributed by atoms with Crippen molar-refractivity contribution in [1.82, 2.24) is 15.0 Å². The average Bonchev–Trinajstić information content (AvgIpc) is 2.45. The van der Waals surface area contributed by atoms with E-state index in [1.54, 1.807) is 0 Å². The van der Waals surface area contributed by atoms with Gasteiger partial charge in [0.2, 0.25) is 5.95 Å². The van der Waals surface area contributed by atoms with Crippen LogP contribution in [-0.4, -0.2) is 21.1 Å². The van der Waals surface area contributed by atoms with E-state index in [1.165, 1.54) is 0 Å². The van der Waals surface area contributed by atoms with Gasteiger partial charge in [-0.1, -0.05) is 30.3 Å². The van der Waals surface area contributed by atoms with Crippen LogP contribution in [0, 0.1) is 0 Å². The molecule has 7 heteroatoms. The molecule has 7 nitrogen and oxygen atoms in total. The maximum Gasteiger partial charge on any atom is 0.324 e. The summed E-state index contributed by atoms with van der Waals surface area (Å²) in [5.41, 5.74) is 3.37. The Bertz CT molecular complexity index is 548. The molecule has 0 aliphatic carbocycles. The van der Waals surface area contributed by atoms with Crippen LogP contribution in [0.25, 0.3) is 0 Å². The first kappa shape index (κ1) is 14.0. The van der Waals surface area contributed by atoms with Gasteiger partial charge in [0.15, 0.2) is 0 Å². The van der Waals surface area contributed by atoms with Gasteiger partial charge < -0.3 is 9.47 Å². The van der Waals surface area contributed by atoms with Gasteiger partial charge in [-0.2, -0.15) is 9.97 Å². The summed E-state index contributed by atoms with van der Waals surface area (Å²) in [6.45, 7) is 4.11. The van der Waals surface area contributed by atoms with Gasteiger partial charge in [-0.15, -0.1) is 4.98 Å². The van der Waals surface area contributed by atoms with Crippen LogP contribution in [-0.2, 0) is 6.61 Å². The van der Waals surface area contributed by atoms with Crippen molar-refractivity contribution in [3.8, 4) is 12.0 Å². The SMILES string of the molecule is CC(C)Oc1nc(NN)nc(OCc2ccccc2)n1. The summed E-state index contributed by atoms with van der Waals surface area (Å²) in [5.74, 6) is 5.51. The highest BCUT2D eigenvalue weighted by Crippen LogP contribution is 2.14. The quantitative estimate of drug-likeness (QED) is 0.609. The molecule has 0 aliphatic rings. The first-order valence-corrected chi connectivity index (χ1v) is 6.23. The molecule has 0 radical (unpaired) electrons. The molecule has 3 N–H and O–H groups in total.